The maximum absolute atomic E-state index is 12.0. The Balaban J connectivity index is 1.92. The zero-order chi connectivity index (χ0) is 19.5. The molecule has 0 bridgehead atoms. The number of para-hydroxylation sites is 1. The third kappa shape index (κ3) is 6.95. The van der Waals surface area contributed by atoms with Gasteiger partial charge in [0.2, 0.25) is 0 Å². The van der Waals surface area contributed by atoms with E-state index in [0.717, 1.165) is 12.1 Å². The topological polar surface area (TPSA) is 84.0 Å². The van der Waals surface area contributed by atoms with Crippen molar-refractivity contribution in [2.24, 2.45) is 5.10 Å². The van der Waals surface area contributed by atoms with E-state index in [0.29, 0.717) is 22.3 Å². The number of carbonyl (C=O) groups is 1. The summed E-state index contributed by atoms with van der Waals surface area (Å²) >= 11 is 5.03. The van der Waals surface area contributed by atoms with Crippen molar-refractivity contribution >= 4 is 35.1 Å². The second kappa shape index (κ2) is 10.8. The summed E-state index contributed by atoms with van der Waals surface area (Å²) in [6.45, 7) is 2.54. The Morgan fingerprint density at radius 3 is 2.67 bits per heavy atom. The van der Waals surface area contributed by atoms with Gasteiger partial charge < -0.3 is 20.1 Å². The van der Waals surface area contributed by atoms with Gasteiger partial charge >= 0.3 is 0 Å². The summed E-state index contributed by atoms with van der Waals surface area (Å²) in [6.07, 6.45) is 1.61. The van der Waals surface area contributed by atoms with Gasteiger partial charge in [-0.25, -0.2) is 0 Å². The van der Waals surface area contributed by atoms with E-state index in [1.165, 1.54) is 7.11 Å². The van der Waals surface area contributed by atoms with Crippen LogP contribution in [0.25, 0.3) is 0 Å². The van der Waals surface area contributed by atoms with Crippen LogP contribution >= 0.6 is 12.2 Å². The molecular formula is C19H22N4O3S. The van der Waals surface area contributed by atoms with E-state index in [4.69, 9.17) is 21.7 Å². The number of rotatable bonds is 8. The summed E-state index contributed by atoms with van der Waals surface area (Å²) in [6, 6.07) is 14.5. The first kappa shape index (κ1) is 20.2. The van der Waals surface area contributed by atoms with E-state index in [1.54, 1.807) is 24.4 Å². The molecule has 0 radical (unpaired) electrons. The number of nitrogens with one attached hydrogen (secondary N) is 3. The van der Waals surface area contributed by atoms with Gasteiger partial charge in [0, 0.05) is 12.2 Å². The van der Waals surface area contributed by atoms with Gasteiger partial charge in [0.25, 0.3) is 5.91 Å². The number of hydrogen-bond acceptors (Lipinski definition) is 5. The average Bonchev–Trinajstić information content (AvgIpc) is 2.67. The van der Waals surface area contributed by atoms with E-state index >= 15 is 0 Å². The smallest absolute Gasteiger partial charge is 0.262 e. The second-order valence-corrected chi connectivity index (χ2v) is 5.75. The van der Waals surface area contributed by atoms with Gasteiger partial charge in [-0.15, -0.1) is 0 Å². The molecule has 0 saturated heterocycles. The van der Waals surface area contributed by atoms with Crippen molar-refractivity contribution in [3.05, 3.63) is 54.1 Å². The first-order chi connectivity index (χ1) is 13.1. The van der Waals surface area contributed by atoms with Crippen LogP contribution in [0.2, 0.25) is 0 Å². The first-order valence-corrected chi connectivity index (χ1v) is 8.76. The Morgan fingerprint density at radius 1 is 1.19 bits per heavy atom. The normalized spacial score (nSPS) is 10.3. The van der Waals surface area contributed by atoms with E-state index in [1.807, 2.05) is 37.3 Å². The molecule has 0 aliphatic carbocycles. The third-order valence-corrected chi connectivity index (χ3v) is 3.56. The molecule has 2 rings (SSSR count). The van der Waals surface area contributed by atoms with Crippen molar-refractivity contribution in [1.82, 2.24) is 10.7 Å². The molecule has 0 atom stereocenters. The van der Waals surface area contributed by atoms with E-state index < -0.39 is 0 Å². The molecular weight excluding hydrogens is 364 g/mol. The van der Waals surface area contributed by atoms with E-state index in [9.17, 15) is 4.79 Å². The van der Waals surface area contributed by atoms with Gasteiger partial charge in [-0.1, -0.05) is 18.2 Å². The molecule has 0 saturated carbocycles. The van der Waals surface area contributed by atoms with E-state index in [-0.39, 0.29) is 12.5 Å². The number of thiocarbonyl (C=S) groups is 1. The number of anilines is 1. The molecule has 0 aliphatic heterocycles. The van der Waals surface area contributed by atoms with Gasteiger partial charge in [-0.05, 0) is 55.0 Å². The van der Waals surface area contributed by atoms with E-state index in [2.05, 4.69) is 21.2 Å². The number of hydrazone groups is 1. The number of nitrogens with zero attached hydrogens (tertiary/aromatic N) is 1. The molecule has 1 amide bonds. The zero-order valence-electron chi connectivity index (χ0n) is 15.2. The fourth-order valence-corrected chi connectivity index (χ4v) is 2.31. The lowest BCUT2D eigenvalue weighted by atomic mass is 10.2. The largest absolute Gasteiger partial charge is 0.493 e. The van der Waals surface area contributed by atoms with Crippen LogP contribution in [0.4, 0.5) is 5.69 Å². The summed E-state index contributed by atoms with van der Waals surface area (Å²) in [4.78, 5) is 12.0. The third-order valence-electron chi connectivity index (χ3n) is 3.32. The highest BCUT2D eigenvalue weighted by atomic mass is 32.1. The molecule has 27 heavy (non-hydrogen) atoms. The Bertz CT molecular complexity index is 797. The van der Waals surface area contributed by atoms with Gasteiger partial charge in [-0.3, -0.25) is 10.2 Å². The lowest BCUT2D eigenvalue weighted by molar-refractivity contribution is -0.118. The van der Waals surface area contributed by atoms with Gasteiger partial charge in [0.1, 0.15) is 0 Å². The molecule has 0 aliphatic rings. The Labute approximate surface area is 163 Å². The van der Waals surface area contributed by atoms with Crippen LogP contribution in [0.3, 0.4) is 0 Å². The second-order valence-electron chi connectivity index (χ2n) is 5.34. The fraction of sp³-hybridized carbons (Fsp3) is 0.211. The molecule has 3 N–H and O–H groups in total. The minimum atomic E-state index is -0.255. The van der Waals surface area contributed by atoms with Crippen LogP contribution in [-0.2, 0) is 4.79 Å². The molecule has 142 valence electrons. The highest BCUT2D eigenvalue weighted by Crippen LogP contribution is 2.27. The fourth-order valence-electron chi connectivity index (χ4n) is 2.11. The SMILES string of the molecule is CCNC(=S)N/N=C/c1ccc(OCC(=O)Nc2ccccc2)c(OC)c1. The highest BCUT2D eigenvalue weighted by molar-refractivity contribution is 7.80. The number of hydrogen-bond donors (Lipinski definition) is 3. The standard InChI is InChI=1S/C19H22N4O3S/c1-3-20-19(27)23-21-12-14-9-10-16(17(11-14)25-2)26-13-18(24)22-15-7-5-4-6-8-15/h4-12H,3,13H2,1-2H3,(H,22,24)(H2,20,23,27)/b21-12+. The van der Waals surface area contributed by atoms with Crippen LogP contribution in [0.1, 0.15) is 12.5 Å². The van der Waals surface area contributed by atoms with Crippen molar-refractivity contribution in [3.63, 3.8) is 0 Å². The molecule has 0 spiro atoms. The Kier molecular flexibility index (Phi) is 8.05. The van der Waals surface area contributed by atoms with Crippen LogP contribution in [0.5, 0.6) is 11.5 Å². The first-order valence-electron chi connectivity index (χ1n) is 8.35. The van der Waals surface area contributed by atoms with Crippen molar-refractivity contribution < 1.29 is 14.3 Å². The van der Waals surface area contributed by atoms with Gasteiger partial charge in [-0.2, -0.15) is 5.10 Å². The average molecular weight is 386 g/mol. The number of benzene rings is 2. The molecule has 0 unspecified atom stereocenters. The van der Waals surface area contributed by atoms with Crippen LogP contribution < -0.4 is 25.5 Å². The minimum Gasteiger partial charge on any atom is -0.493 e. The maximum Gasteiger partial charge on any atom is 0.262 e. The zero-order valence-corrected chi connectivity index (χ0v) is 16.0. The van der Waals surface area contributed by atoms with Crippen molar-refractivity contribution in [1.29, 1.82) is 0 Å². The molecule has 2 aromatic rings. The summed E-state index contributed by atoms with van der Waals surface area (Å²) in [7, 11) is 1.53. The predicted octanol–water partition coefficient (Wildman–Crippen LogP) is 2.53. The summed E-state index contributed by atoms with van der Waals surface area (Å²) in [5, 5.41) is 10.2. The summed E-state index contributed by atoms with van der Waals surface area (Å²) in [5.41, 5.74) is 4.22. The summed E-state index contributed by atoms with van der Waals surface area (Å²) in [5.74, 6) is 0.713. The lowest BCUT2D eigenvalue weighted by Gasteiger charge is -2.11. The minimum absolute atomic E-state index is 0.128. The maximum atomic E-state index is 12.0. The molecule has 8 heteroatoms. The van der Waals surface area contributed by atoms with Crippen molar-refractivity contribution in [2.45, 2.75) is 6.92 Å². The van der Waals surface area contributed by atoms with Crippen molar-refractivity contribution in [2.75, 3.05) is 25.6 Å². The van der Waals surface area contributed by atoms with Crippen LogP contribution in [0, 0.1) is 0 Å². The number of methoxy groups -OCH3 is 1. The summed E-state index contributed by atoms with van der Waals surface area (Å²) < 4.78 is 10.9. The quantitative estimate of drug-likeness (QED) is 0.367. The monoisotopic (exact) mass is 386 g/mol. The van der Waals surface area contributed by atoms with Gasteiger partial charge in [0.15, 0.2) is 23.2 Å². The molecule has 0 fully saturated rings. The Hall–Kier alpha value is -3.13. The highest BCUT2D eigenvalue weighted by Gasteiger charge is 2.08. The van der Waals surface area contributed by atoms with Crippen molar-refractivity contribution in [3.8, 4) is 11.5 Å². The Morgan fingerprint density at radius 2 is 1.96 bits per heavy atom. The number of amides is 1. The van der Waals surface area contributed by atoms with Crippen LogP contribution in [0.15, 0.2) is 53.6 Å². The van der Waals surface area contributed by atoms with Gasteiger partial charge in [0.05, 0.1) is 13.3 Å². The molecule has 0 aromatic heterocycles. The molecule has 0 heterocycles. The predicted molar refractivity (Wildman–Crippen MR) is 111 cm³/mol. The van der Waals surface area contributed by atoms with Crippen LogP contribution in [-0.4, -0.2) is 37.5 Å². The lowest BCUT2D eigenvalue weighted by Crippen LogP contribution is -2.31. The number of ether oxygens (including phenoxy) is 2. The molecule has 7 nitrogen and oxygen atoms in total. The number of carbonyl (C=O) groups excluding carboxylic acids is 1. The molecule has 2 aromatic carbocycles.